The van der Waals surface area contributed by atoms with Gasteiger partial charge in [0, 0.05) is 0 Å². The minimum atomic E-state index is -0.780. The molecule has 2 aromatic rings. The Morgan fingerprint density at radius 2 is 1.55 bits per heavy atom. The van der Waals surface area contributed by atoms with E-state index < -0.39 is 5.60 Å². The molecule has 0 saturated carbocycles. The fourth-order valence-corrected chi connectivity index (χ4v) is 2.31. The first-order valence-electron chi connectivity index (χ1n) is 7.22. The molecule has 2 aromatic carbocycles. The minimum Gasteiger partial charge on any atom is -0.385 e. The number of rotatable bonds is 6. The molecule has 2 nitrogen and oxygen atoms in total. The summed E-state index contributed by atoms with van der Waals surface area (Å²) in [5.74, 6) is 0. The second-order valence-electron chi connectivity index (χ2n) is 5.32. The Kier molecular flexibility index (Phi) is 4.94. The normalized spacial score (nSPS) is 13.9. The second-order valence-corrected chi connectivity index (χ2v) is 5.32. The van der Waals surface area contributed by atoms with E-state index in [9.17, 15) is 5.11 Å². The van der Waals surface area contributed by atoms with Gasteiger partial charge in [0.25, 0.3) is 0 Å². The Balaban J connectivity index is 2.11. The van der Waals surface area contributed by atoms with Crippen LogP contribution in [0.3, 0.4) is 0 Å². The van der Waals surface area contributed by atoms with Crippen molar-refractivity contribution in [3.63, 3.8) is 0 Å². The summed E-state index contributed by atoms with van der Waals surface area (Å²) in [7, 11) is 0. The topological polar surface area (TPSA) is 32.3 Å². The molecule has 0 aliphatic rings. The summed E-state index contributed by atoms with van der Waals surface area (Å²) < 4.78 is 0. The molecule has 0 aromatic heterocycles. The molecule has 2 rings (SSSR count). The number of benzene rings is 2. The maximum atomic E-state index is 10.5. The molecule has 0 saturated heterocycles. The molecule has 0 amide bonds. The van der Waals surface area contributed by atoms with Gasteiger partial charge in [-0.25, -0.2) is 0 Å². The highest BCUT2D eigenvalue weighted by Gasteiger charge is 2.22. The van der Waals surface area contributed by atoms with E-state index in [1.165, 1.54) is 11.1 Å². The maximum Gasteiger partial charge on any atom is 0.0880 e. The van der Waals surface area contributed by atoms with Crippen LogP contribution < -0.4 is 5.32 Å². The molecule has 2 N–H and O–H groups in total. The minimum absolute atomic E-state index is 0.714. The molecule has 20 heavy (non-hydrogen) atoms. The highest BCUT2D eigenvalue weighted by molar-refractivity contribution is 5.63. The van der Waals surface area contributed by atoms with Gasteiger partial charge in [-0.15, -0.1) is 0 Å². The van der Waals surface area contributed by atoms with Crippen molar-refractivity contribution in [1.29, 1.82) is 0 Å². The summed E-state index contributed by atoms with van der Waals surface area (Å²) in [6.45, 7) is 5.71. The van der Waals surface area contributed by atoms with E-state index in [2.05, 4.69) is 36.5 Å². The standard InChI is InChI=1S/C18H23NO/c1-3-19-14-13-18(2,20)17-11-9-16(10-12-17)15-7-5-4-6-8-15/h4-12,19-20H,3,13-14H2,1-2H3. The van der Waals surface area contributed by atoms with Crippen LogP contribution in [0.2, 0.25) is 0 Å². The number of hydrogen-bond acceptors (Lipinski definition) is 2. The molecule has 0 radical (unpaired) electrons. The molecule has 1 unspecified atom stereocenters. The van der Waals surface area contributed by atoms with E-state index in [-0.39, 0.29) is 0 Å². The summed E-state index contributed by atoms with van der Waals surface area (Å²) in [4.78, 5) is 0. The molecule has 0 aliphatic carbocycles. The Labute approximate surface area is 121 Å². The van der Waals surface area contributed by atoms with Gasteiger partial charge in [0.05, 0.1) is 5.60 Å². The lowest BCUT2D eigenvalue weighted by atomic mass is 9.91. The van der Waals surface area contributed by atoms with Crippen molar-refractivity contribution in [2.75, 3.05) is 13.1 Å². The first-order chi connectivity index (χ1) is 9.63. The predicted molar refractivity (Wildman–Crippen MR) is 84.6 cm³/mol. The smallest absolute Gasteiger partial charge is 0.0880 e. The van der Waals surface area contributed by atoms with E-state index in [0.29, 0.717) is 6.42 Å². The number of aliphatic hydroxyl groups is 1. The second kappa shape index (κ2) is 6.69. The Morgan fingerprint density at radius 1 is 0.950 bits per heavy atom. The van der Waals surface area contributed by atoms with Crippen molar-refractivity contribution in [1.82, 2.24) is 5.32 Å². The Bertz CT molecular complexity index is 517. The molecular weight excluding hydrogens is 246 g/mol. The van der Waals surface area contributed by atoms with Crippen molar-refractivity contribution in [2.45, 2.75) is 25.9 Å². The highest BCUT2D eigenvalue weighted by atomic mass is 16.3. The monoisotopic (exact) mass is 269 g/mol. The van der Waals surface area contributed by atoms with E-state index >= 15 is 0 Å². The average Bonchev–Trinajstić information content (AvgIpc) is 2.48. The van der Waals surface area contributed by atoms with Crippen molar-refractivity contribution < 1.29 is 5.11 Å². The third kappa shape index (κ3) is 3.69. The quantitative estimate of drug-likeness (QED) is 0.786. The van der Waals surface area contributed by atoms with Crippen LogP contribution in [0.4, 0.5) is 0 Å². The van der Waals surface area contributed by atoms with Gasteiger partial charge in [0.1, 0.15) is 0 Å². The third-order valence-electron chi connectivity index (χ3n) is 3.65. The fourth-order valence-electron chi connectivity index (χ4n) is 2.31. The van der Waals surface area contributed by atoms with Gasteiger partial charge >= 0.3 is 0 Å². The zero-order chi connectivity index (χ0) is 14.4. The Morgan fingerprint density at radius 3 is 2.15 bits per heavy atom. The van der Waals surface area contributed by atoms with Crippen LogP contribution in [-0.4, -0.2) is 18.2 Å². The van der Waals surface area contributed by atoms with Crippen LogP contribution >= 0.6 is 0 Å². The summed E-state index contributed by atoms with van der Waals surface area (Å²) in [5, 5.41) is 13.8. The number of hydrogen-bond donors (Lipinski definition) is 2. The van der Waals surface area contributed by atoms with Crippen LogP contribution in [0.25, 0.3) is 11.1 Å². The molecule has 106 valence electrons. The van der Waals surface area contributed by atoms with Gasteiger partial charge < -0.3 is 10.4 Å². The van der Waals surface area contributed by atoms with E-state index in [1.54, 1.807) is 0 Å². The van der Waals surface area contributed by atoms with Crippen LogP contribution in [-0.2, 0) is 5.60 Å². The zero-order valence-corrected chi connectivity index (χ0v) is 12.3. The molecule has 0 bridgehead atoms. The molecule has 0 aliphatic heterocycles. The molecule has 1 atom stereocenters. The van der Waals surface area contributed by atoms with Crippen LogP contribution in [0.1, 0.15) is 25.8 Å². The number of nitrogens with one attached hydrogen (secondary N) is 1. The Hall–Kier alpha value is -1.64. The first kappa shape index (κ1) is 14.8. The van der Waals surface area contributed by atoms with Crippen LogP contribution in [0.5, 0.6) is 0 Å². The van der Waals surface area contributed by atoms with Crippen LogP contribution in [0.15, 0.2) is 54.6 Å². The molecule has 2 heteroatoms. The molecule has 0 spiro atoms. The van der Waals surface area contributed by atoms with E-state index in [0.717, 1.165) is 18.7 Å². The van der Waals surface area contributed by atoms with Gasteiger partial charge in [-0.3, -0.25) is 0 Å². The SMILES string of the molecule is CCNCCC(C)(O)c1ccc(-c2ccccc2)cc1. The third-order valence-corrected chi connectivity index (χ3v) is 3.65. The molecule has 0 fully saturated rings. The molecule has 0 heterocycles. The predicted octanol–water partition coefficient (Wildman–Crippen LogP) is 3.56. The first-order valence-corrected chi connectivity index (χ1v) is 7.22. The maximum absolute atomic E-state index is 10.5. The van der Waals surface area contributed by atoms with Gasteiger partial charge in [0.2, 0.25) is 0 Å². The van der Waals surface area contributed by atoms with Crippen molar-refractivity contribution in [2.24, 2.45) is 0 Å². The van der Waals surface area contributed by atoms with Crippen molar-refractivity contribution in [3.05, 3.63) is 60.2 Å². The van der Waals surface area contributed by atoms with E-state index in [4.69, 9.17) is 0 Å². The van der Waals surface area contributed by atoms with Gasteiger partial charge in [0.15, 0.2) is 0 Å². The zero-order valence-electron chi connectivity index (χ0n) is 12.3. The summed E-state index contributed by atoms with van der Waals surface area (Å²) >= 11 is 0. The van der Waals surface area contributed by atoms with Gasteiger partial charge in [-0.05, 0) is 43.1 Å². The lowest BCUT2D eigenvalue weighted by molar-refractivity contribution is 0.0482. The lowest BCUT2D eigenvalue weighted by Gasteiger charge is -2.24. The summed E-state index contributed by atoms with van der Waals surface area (Å²) in [6.07, 6.45) is 0.714. The van der Waals surface area contributed by atoms with E-state index in [1.807, 2.05) is 37.3 Å². The highest BCUT2D eigenvalue weighted by Crippen LogP contribution is 2.27. The summed E-state index contributed by atoms with van der Waals surface area (Å²) in [5.41, 5.74) is 2.57. The van der Waals surface area contributed by atoms with Gasteiger partial charge in [-0.2, -0.15) is 0 Å². The lowest BCUT2D eigenvalue weighted by Crippen LogP contribution is -2.27. The van der Waals surface area contributed by atoms with Crippen LogP contribution in [0, 0.1) is 0 Å². The summed E-state index contributed by atoms with van der Waals surface area (Å²) in [6, 6.07) is 18.5. The average molecular weight is 269 g/mol. The van der Waals surface area contributed by atoms with Crippen molar-refractivity contribution >= 4 is 0 Å². The fraction of sp³-hybridized carbons (Fsp3) is 0.333. The largest absolute Gasteiger partial charge is 0.385 e. The molecular formula is C18H23NO. The van der Waals surface area contributed by atoms with Crippen molar-refractivity contribution in [3.8, 4) is 11.1 Å². The van der Waals surface area contributed by atoms with Gasteiger partial charge in [-0.1, -0.05) is 61.5 Å².